The van der Waals surface area contributed by atoms with Crippen LogP contribution in [0.3, 0.4) is 0 Å². The molecule has 4 heterocycles. The van der Waals surface area contributed by atoms with Crippen molar-refractivity contribution in [3.8, 4) is 62.5 Å². The van der Waals surface area contributed by atoms with Crippen LogP contribution in [0.5, 0.6) is 11.5 Å². The summed E-state index contributed by atoms with van der Waals surface area (Å²) in [6.07, 6.45) is 5.69. The van der Waals surface area contributed by atoms with E-state index in [0.717, 1.165) is 78.2 Å². The van der Waals surface area contributed by atoms with E-state index in [1.54, 1.807) is 4.68 Å². The van der Waals surface area contributed by atoms with E-state index in [-0.39, 0.29) is 48.1 Å². The molecule has 0 radical (unpaired) electrons. The summed E-state index contributed by atoms with van der Waals surface area (Å²) in [5.41, 5.74) is 14.5. The Morgan fingerprint density at radius 1 is 0.506 bits per heavy atom. The fourth-order valence-electron chi connectivity index (χ4n) is 9.71. The molecule has 0 amide bonds. The minimum Gasteiger partial charge on any atom is -0.522 e. The molecule has 0 atom stereocenters. The Bertz CT molecular complexity index is 3650. The second-order valence-electron chi connectivity index (χ2n) is 25.8. The second-order valence-corrected chi connectivity index (χ2v) is 25.8. The van der Waals surface area contributed by atoms with Crippen LogP contribution in [0.2, 0.25) is 0 Å². The average Bonchev–Trinajstić information content (AvgIpc) is 3.96. The van der Waals surface area contributed by atoms with Crippen molar-refractivity contribution in [2.24, 2.45) is 0 Å². The Morgan fingerprint density at radius 3 is 1.64 bits per heavy atom. The minimum absolute atomic E-state index is 0. The maximum atomic E-state index is 6.94. The summed E-state index contributed by atoms with van der Waals surface area (Å²) < 4.78 is 13.0. The monoisotopic (exact) mass is 1200 g/mol. The van der Waals surface area contributed by atoms with E-state index >= 15 is 0 Å². The van der Waals surface area contributed by atoms with E-state index in [1.165, 1.54) is 22.3 Å². The van der Waals surface area contributed by atoms with Gasteiger partial charge in [0.1, 0.15) is 5.82 Å². The molecule has 0 N–H and O–H groups in total. The van der Waals surface area contributed by atoms with Crippen molar-refractivity contribution in [3.05, 3.63) is 198 Å². The third kappa shape index (κ3) is 11.3. The number of nitrogens with zero attached hydrogens (tertiary/aromatic N) is 6. The number of benzene rings is 6. The van der Waals surface area contributed by atoms with Crippen molar-refractivity contribution in [1.29, 1.82) is 0 Å². The Kier molecular flexibility index (Phi) is 14.3. The van der Waals surface area contributed by atoms with Gasteiger partial charge in [-0.2, -0.15) is 16.8 Å². The predicted molar refractivity (Wildman–Crippen MR) is 313 cm³/mol. The van der Waals surface area contributed by atoms with Gasteiger partial charge in [-0.3, -0.25) is 0 Å². The van der Waals surface area contributed by atoms with E-state index in [0.29, 0.717) is 17.3 Å². The summed E-state index contributed by atoms with van der Waals surface area (Å²) in [7, 11) is 0. The van der Waals surface area contributed by atoms with Gasteiger partial charge in [0.15, 0.2) is 0 Å². The molecule has 0 fully saturated rings. The smallest absolute Gasteiger partial charge is 0.231 e. The largest absolute Gasteiger partial charge is 0.522 e. The first-order valence-electron chi connectivity index (χ1n) is 26.7. The molecular weight excluding hydrogens is 1120 g/mol. The zero-order valence-corrected chi connectivity index (χ0v) is 50.0. The average molecular weight is 1200 g/mol. The Hall–Kier alpha value is -6.95. The number of fused-ring (bicyclic) bond motifs is 3. The molecule has 8 heteroatoms. The first kappa shape index (κ1) is 54.8. The maximum absolute atomic E-state index is 6.94. The van der Waals surface area contributed by atoms with Gasteiger partial charge in [0, 0.05) is 55.3 Å². The molecule has 7 nitrogen and oxygen atoms in total. The van der Waals surface area contributed by atoms with Gasteiger partial charge in [0.05, 0.1) is 5.82 Å². The van der Waals surface area contributed by atoms with E-state index in [1.807, 2.05) is 24.4 Å². The molecule has 0 saturated carbocycles. The number of aromatic nitrogens is 6. The van der Waals surface area contributed by atoms with Crippen LogP contribution in [-0.2, 0) is 48.1 Å². The molecule has 0 unspecified atom stereocenters. The van der Waals surface area contributed by atoms with Gasteiger partial charge in [-0.15, -0.1) is 23.6 Å². The predicted octanol–water partition coefficient (Wildman–Crippen LogP) is 17.0. The summed E-state index contributed by atoms with van der Waals surface area (Å²) in [4.78, 5) is 10.4. The van der Waals surface area contributed by atoms with Crippen molar-refractivity contribution in [3.63, 3.8) is 0 Å². The van der Waals surface area contributed by atoms with Gasteiger partial charge >= 0.3 is 0 Å². The zero-order valence-electron chi connectivity index (χ0n) is 47.8. The van der Waals surface area contributed by atoms with Crippen LogP contribution in [-0.4, -0.2) is 24.3 Å². The summed E-state index contributed by atoms with van der Waals surface area (Å²) in [5.74, 6) is 3.05. The van der Waals surface area contributed by atoms with Gasteiger partial charge in [0.2, 0.25) is 12.2 Å². The van der Waals surface area contributed by atoms with E-state index in [9.17, 15) is 0 Å². The fraction of sp³-hybridized carbons (Fsp3) is 0.304. The number of rotatable bonds is 8. The molecule has 0 aliphatic heterocycles. The van der Waals surface area contributed by atoms with Gasteiger partial charge < -0.3 is 18.9 Å². The molecular formula is C69H72N6OPt-2. The number of ether oxygens (including phenoxy) is 1. The van der Waals surface area contributed by atoms with Crippen LogP contribution in [0, 0.1) is 25.4 Å². The van der Waals surface area contributed by atoms with Gasteiger partial charge in [-0.25, -0.2) is 4.98 Å². The fourth-order valence-corrected chi connectivity index (χ4v) is 9.71. The SMILES string of the molecule is Cc1cc(-n2c3[c-]c(Oc4[c-]c(-n5[c-][n+](-c6cc(C(C)(C)C)cc(C(C)(C)C)c6)c(-c6cc(C(C)(C)C)cc(C(C)(C)C)c6)n5)nc(C(C)(C)C)c4)ccc3c3cc(-c4ccccc4)ccc32)ncc1-c1ccccc1.[Pt]. The van der Waals surface area contributed by atoms with Gasteiger partial charge in [-0.1, -0.05) is 219 Å². The molecule has 6 aromatic carbocycles. The molecule has 10 aromatic rings. The van der Waals surface area contributed by atoms with Crippen LogP contribution in [0.25, 0.3) is 72.8 Å². The molecule has 77 heavy (non-hydrogen) atoms. The molecule has 0 bridgehead atoms. The Morgan fingerprint density at radius 2 is 1.08 bits per heavy atom. The van der Waals surface area contributed by atoms with Crippen molar-refractivity contribution >= 4 is 21.8 Å². The maximum Gasteiger partial charge on any atom is 0.231 e. The molecule has 0 aliphatic rings. The molecule has 10 rings (SSSR count). The molecule has 396 valence electrons. The number of hydrogen-bond acceptors (Lipinski definition) is 4. The van der Waals surface area contributed by atoms with Crippen molar-refractivity contribution < 1.29 is 30.4 Å². The van der Waals surface area contributed by atoms with Crippen molar-refractivity contribution in [2.75, 3.05) is 0 Å². The summed E-state index contributed by atoms with van der Waals surface area (Å²) in [5, 5.41) is 7.60. The van der Waals surface area contributed by atoms with Crippen LogP contribution in [0.1, 0.15) is 137 Å². The van der Waals surface area contributed by atoms with Crippen LogP contribution >= 0.6 is 0 Å². The quantitative estimate of drug-likeness (QED) is 0.112. The Balaban J connectivity index is 0.00000722. The zero-order chi connectivity index (χ0) is 54.3. The first-order chi connectivity index (χ1) is 35.7. The normalized spacial score (nSPS) is 12.6. The van der Waals surface area contributed by atoms with Crippen molar-refractivity contribution in [2.45, 2.75) is 138 Å². The summed E-state index contributed by atoms with van der Waals surface area (Å²) in [6.45, 7) is 35.9. The topological polar surface area (TPSA) is 61.6 Å². The molecule has 0 saturated heterocycles. The second kappa shape index (κ2) is 20.1. The van der Waals surface area contributed by atoms with E-state index in [2.05, 4.69) is 260 Å². The van der Waals surface area contributed by atoms with Gasteiger partial charge in [-0.05, 0) is 113 Å². The third-order valence-electron chi connectivity index (χ3n) is 14.5. The van der Waals surface area contributed by atoms with Gasteiger partial charge in [0.25, 0.3) is 0 Å². The first-order valence-corrected chi connectivity index (χ1v) is 26.7. The van der Waals surface area contributed by atoms with Crippen LogP contribution < -0.4 is 9.30 Å². The molecule has 0 spiro atoms. The van der Waals surface area contributed by atoms with Crippen LogP contribution in [0.15, 0.2) is 146 Å². The summed E-state index contributed by atoms with van der Waals surface area (Å²) in [6, 6.07) is 57.1. The van der Waals surface area contributed by atoms with E-state index < -0.39 is 0 Å². The number of pyridine rings is 2. The standard InChI is InChI=1S/C69H72N6O.Pt/c1-44-31-62(70-42-58(44)46-25-21-18-22-26-46)75-59-30-27-47(45-23-19-17-20-24-45)34-57(59)56-29-28-54(39-60(56)75)76-55-40-61(69(14,15)16)71-63(41-55)74-43-73(53-37-51(67(8,9)10)36-52(38-53)68(11,12)13)64(72-74)48-32-49(65(2,3)4)35-50(33-48)66(5,6)7;/h17-38,40,42H,1-16H3;/q-2;. The number of hydrogen-bond donors (Lipinski definition) is 0. The van der Waals surface area contributed by atoms with Crippen LogP contribution in [0.4, 0.5) is 0 Å². The van der Waals surface area contributed by atoms with Crippen molar-refractivity contribution in [1.82, 2.24) is 24.3 Å². The molecule has 4 aromatic heterocycles. The number of aryl methyl sites for hydroxylation is 1. The van der Waals surface area contributed by atoms with E-state index in [4.69, 9.17) is 19.8 Å². The Labute approximate surface area is 471 Å². The molecule has 0 aliphatic carbocycles. The summed E-state index contributed by atoms with van der Waals surface area (Å²) >= 11 is 0. The third-order valence-corrected chi connectivity index (χ3v) is 14.5. The minimum atomic E-state index is -0.356.